The van der Waals surface area contributed by atoms with Gasteiger partial charge in [0, 0.05) is 18.8 Å². The summed E-state index contributed by atoms with van der Waals surface area (Å²) in [7, 11) is 0. The average Bonchev–Trinajstić information content (AvgIpc) is 2.29. The summed E-state index contributed by atoms with van der Waals surface area (Å²) in [5.74, 6) is 0.776. The van der Waals surface area contributed by atoms with Gasteiger partial charge in [-0.3, -0.25) is 0 Å². The molecule has 0 unspecified atom stereocenters. The van der Waals surface area contributed by atoms with E-state index in [1.54, 1.807) is 5.56 Å². The number of nitrogens with zero attached hydrogens (tertiary/aromatic N) is 1. The minimum Gasteiger partial charge on any atom is -0.371 e. The molecule has 2 aliphatic rings. The molecular formula is C14H20N2. The van der Waals surface area contributed by atoms with E-state index in [0.717, 1.165) is 5.92 Å². The highest BCUT2D eigenvalue weighted by Gasteiger charge is 2.22. The molecule has 0 spiro atoms. The van der Waals surface area contributed by atoms with Crippen LogP contribution in [0.2, 0.25) is 0 Å². The monoisotopic (exact) mass is 216 g/mol. The first-order chi connectivity index (χ1) is 7.95. The van der Waals surface area contributed by atoms with Gasteiger partial charge in [-0.2, -0.15) is 0 Å². The molecule has 0 bridgehead atoms. The Bertz CT molecular complexity index is 352. The molecule has 0 atom stereocenters. The van der Waals surface area contributed by atoms with Crippen LogP contribution in [0.1, 0.15) is 30.7 Å². The quantitative estimate of drug-likeness (QED) is 0.816. The third-order valence-corrected chi connectivity index (χ3v) is 3.91. The van der Waals surface area contributed by atoms with E-state index in [1.807, 2.05) is 0 Å². The van der Waals surface area contributed by atoms with Crippen molar-refractivity contribution in [3.63, 3.8) is 0 Å². The lowest BCUT2D eigenvalue weighted by atomic mass is 9.88. The first kappa shape index (κ1) is 10.2. The minimum atomic E-state index is 0.776. The zero-order valence-electron chi connectivity index (χ0n) is 9.78. The second kappa shape index (κ2) is 4.46. The number of anilines is 1. The van der Waals surface area contributed by atoms with Crippen molar-refractivity contribution in [2.24, 2.45) is 0 Å². The molecule has 2 heterocycles. The maximum Gasteiger partial charge on any atom is 0.0401 e. The first-order valence-corrected chi connectivity index (χ1v) is 6.50. The second-order valence-electron chi connectivity index (χ2n) is 4.92. The Morgan fingerprint density at radius 2 is 1.81 bits per heavy atom. The van der Waals surface area contributed by atoms with Gasteiger partial charge in [0.05, 0.1) is 0 Å². The molecule has 2 nitrogen and oxygen atoms in total. The Balaban J connectivity index is 1.86. The predicted molar refractivity (Wildman–Crippen MR) is 68.1 cm³/mol. The van der Waals surface area contributed by atoms with Crippen molar-refractivity contribution in [2.45, 2.75) is 25.2 Å². The Kier molecular flexibility index (Phi) is 2.83. The lowest BCUT2D eigenvalue weighted by molar-refractivity contribution is 0.458. The summed E-state index contributed by atoms with van der Waals surface area (Å²) in [5.41, 5.74) is 3.09. The fraction of sp³-hybridized carbons (Fsp3) is 0.571. The van der Waals surface area contributed by atoms with Crippen molar-refractivity contribution in [1.82, 2.24) is 5.32 Å². The van der Waals surface area contributed by atoms with Gasteiger partial charge >= 0.3 is 0 Å². The third-order valence-electron chi connectivity index (χ3n) is 3.91. The molecule has 1 aromatic rings. The van der Waals surface area contributed by atoms with E-state index >= 15 is 0 Å². The fourth-order valence-electron chi connectivity index (χ4n) is 2.81. The van der Waals surface area contributed by atoms with E-state index in [-0.39, 0.29) is 0 Å². The Hall–Kier alpha value is -1.02. The van der Waals surface area contributed by atoms with Crippen molar-refractivity contribution in [2.75, 3.05) is 31.1 Å². The van der Waals surface area contributed by atoms with Gasteiger partial charge in [0.25, 0.3) is 0 Å². The van der Waals surface area contributed by atoms with Crippen LogP contribution in [0, 0.1) is 0 Å². The summed E-state index contributed by atoms with van der Waals surface area (Å²) in [6, 6.07) is 9.01. The molecule has 0 radical (unpaired) electrons. The molecule has 2 heteroatoms. The maximum absolute atomic E-state index is 3.45. The van der Waals surface area contributed by atoms with Crippen LogP contribution < -0.4 is 10.2 Å². The van der Waals surface area contributed by atoms with Crippen molar-refractivity contribution in [3.05, 3.63) is 29.8 Å². The van der Waals surface area contributed by atoms with E-state index < -0.39 is 0 Å². The van der Waals surface area contributed by atoms with Crippen molar-refractivity contribution < 1.29 is 0 Å². The summed E-state index contributed by atoms with van der Waals surface area (Å²) in [4.78, 5) is 2.53. The molecule has 0 saturated carbocycles. The van der Waals surface area contributed by atoms with Crippen LogP contribution in [0.3, 0.4) is 0 Å². The molecule has 16 heavy (non-hydrogen) atoms. The zero-order chi connectivity index (χ0) is 10.8. The number of benzene rings is 1. The lowest BCUT2D eigenvalue weighted by Crippen LogP contribution is -2.38. The van der Waals surface area contributed by atoms with Crippen LogP contribution in [0.25, 0.3) is 0 Å². The van der Waals surface area contributed by atoms with Gasteiger partial charge in [-0.1, -0.05) is 18.2 Å². The van der Waals surface area contributed by atoms with Gasteiger partial charge in [-0.05, 0) is 49.9 Å². The van der Waals surface area contributed by atoms with E-state index in [4.69, 9.17) is 0 Å². The molecule has 3 rings (SSSR count). The minimum absolute atomic E-state index is 0.776. The summed E-state index contributed by atoms with van der Waals surface area (Å²) < 4.78 is 0. The van der Waals surface area contributed by atoms with Gasteiger partial charge in [0.2, 0.25) is 0 Å². The standard InChI is InChI=1S/C14H20N2/c1-2-5-14(16-10-3-11-16)13(4-1)12-6-8-15-9-7-12/h1-2,4-5,12,15H,3,6-11H2. The Labute approximate surface area is 97.6 Å². The highest BCUT2D eigenvalue weighted by molar-refractivity contribution is 5.56. The van der Waals surface area contributed by atoms with Crippen LogP contribution in [0.4, 0.5) is 5.69 Å². The molecular weight excluding hydrogens is 196 g/mol. The van der Waals surface area contributed by atoms with Gasteiger partial charge in [-0.15, -0.1) is 0 Å². The molecule has 2 fully saturated rings. The SMILES string of the molecule is c1ccc(N2CCC2)c(C2CCNCC2)c1. The summed E-state index contributed by atoms with van der Waals surface area (Å²) in [5, 5.41) is 3.45. The van der Waals surface area contributed by atoms with Gasteiger partial charge in [-0.25, -0.2) is 0 Å². The van der Waals surface area contributed by atoms with Crippen molar-refractivity contribution >= 4 is 5.69 Å². The van der Waals surface area contributed by atoms with Gasteiger partial charge < -0.3 is 10.2 Å². The van der Waals surface area contributed by atoms with Crippen LogP contribution >= 0.6 is 0 Å². The fourth-order valence-corrected chi connectivity index (χ4v) is 2.81. The molecule has 0 aliphatic carbocycles. The highest BCUT2D eigenvalue weighted by atomic mass is 15.2. The van der Waals surface area contributed by atoms with E-state index in [2.05, 4.69) is 34.5 Å². The van der Waals surface area contributed by atoms with E-state index in [1.165, 1.54) is 51.1 Å². The Morgan fingerprint density at radius 3 is 2.50 bits per heavy atom. The summed E-state index contributed by atoms with van der Waals surface area (Å²) in [6.45, 7) is 4.86. The summed E-state index contributed by atoms with van der Waals surface area (Å²) >= 11 is 0. The average molecular weight is 216 g/mol. The maximum atomic E-state index is 3.45. The number of nitrogens with one attached hydrogen (secondary N) is 1. The topological polar surface area (TPSA) is 15.3 Å². The molecule has 0 amide bonds. The largest absolute Gasteiger partial charge is 0.371 e. The molecule has 0 aromatic heterocycles. The number of para-hydroxylation sites is 1. The lowest BCUT2D eigenvalue weighted by Gasteiger charge is -2.37. The van der Waals surface area contributed by atoms with Crippen LogP contribution in [0.5, 0.6) is 0 Å². The van der Waals surface area contributed by atoms with Crippen molar-refractivity contribution in [1.29, 1.82) is 0 Å². The smallest absolute Gasteiger partial charge is 0.0401 e. The number of hydrogen-bond donors (Lipinski definition) is 1. The van der Waals surface area contributed by atoms with Crippen LogP contribution in [0.15, 0.2) is 24.3 Å². The number of hydrogen-bond acceptors (Lipinski definition) is 2. The van der Waals surface area contributed by atoms with Gasteiger partial charge in [0.1, 0.15) is 0 Å². The number of rotatable bonds is 2. The molecule has 2 aliphatic heterocycles. The van der Waals surface area contributed by atoms with E-state index in [0.29, 0.717) is 0 Å². The Morgan fingerprint density at radius 1 is 1.06 bits per heavy atom. The third kappa shape index (κ3) is 1.82. The molecule has 86 valence electrons. The summed E-state index contributed by atoms with van der Waals surface area (Å²) in [6.07, 6.45) is 3.95. The van der Waals surface area contributed by atoms with Gasteiger partial charge in [0.15, 0.2) is 0 Å². The second-order valence-corrected chi connectivity index (χ2v) is 4.92. The normalized spacial score (nSPS) is 21.9. The number of piperidine rings is 1. The molecule has 2 saturated heterocycles. The van der Waals surface area contributed by atoms with Crippen LogP contribution in [-0.2, 0) is 0 Å². The van der Waals surface area contributed by atoms with Crippen molar-refractivity contribution in [3.8, 4) is 0 Å². The van der Waals surface area contributed by atoms with E-state index in [9.17, 15) is 0 Å². The predicted octanol–water partition coefficient (Wildman–Crippen LogP) is 2.36. The highest BCUT2D eigenvalue weighted by Crippen LogP contribution is 2.34. The molecule has 1 aromatic carbocycles. The zero-order valence-corrected chi connectivity index (χ0v) is 9.78. The molecule has 1 N–H and O–H groups in total. The van der Waals surface area contributed by atoms with Crippen LogP contribution in [-0.4, -0.2) is 26.2 Å². The first-order valence-electron chi connectivity index (χ1n) is 6.50.